The quantitative estimate of drug-likeness (QED) is 0.904. The number of anilines is 1. The van der Waals surface area contributed by atoms with Crippen molar-refractivity contribution in [2.75, 3.05) is 19.0 Å². The van der Waals surface area contributed by atoms with Crippen LogP contribution < -0.4 is 5.32 Å². The van der Waals surface area contributed by atoms with Gasteiger partial charge in [0.25, 0.3) is 0 Å². The fraction of sp³-hybridized carbons (Fsp3) is 0.188. The number of nitriles is 1. The minimum absolute atomic E-state index is 0.0271. The van der Waals surface area contributed by atoms with Crippen molar-refractivity contribution in [1.82, 2.24) is 0 Å². The molecular formula is C16H15FN2O. The number of nitrogens with one attached hydrogen (secondary N) is 1. The van der Waals surface area contributed by atoms with Gasteiger partial charge in [-0.25, -0.2) is 4.39 Å². The number of benzene rings is 2. The first kappa shape index (κ1) is 14.0. The molecule has 1 atom stereocenters. The molecule has 0 saturated carbocycles. The lowest BCUT2D eigenvalue weighted by atomic mass is 10.1. The number of ether oxygens (including phenoxy) is 1. The fourth-order valence-electron chi connectivity index (χ4n) is 1.98. The summed E-state index contributed by atoms with van der Waals surface area (Å²) in [7, 11) is 1.63. The van der Waals surface area contributed by atoms with Crippen LogP contribution in [0.5, 0.6) is 0 Å². The number of hydrogen-bond acceptors (Lipinski definition) is 3. The molecule has 0 fully saturated rings. The van der Waals surface area contributed by atoms with Crippen LogP contribution in [0.1, 0.15) is 17.2 Å². The molecule has 2 aromatic carbocycles. The Bertz CT molecular complexity index is 608. The summed E-state index contributed by atoms with van der Waals surface area (Å²) in [6.07, 6.45) is 0. The maximum absolute atomic E-state index is 13.3. The zero-order chi connectivity index (χ0) is 14.4. The van der Waals surface area contributed by atoms with Crippen molar-refractivity contribution in [3.63, 3.8) is 0 Å². The van der Waals surface area contributed by atoms with Gasteiger partial charge in [0.05, 0.1) is 18.2 Å². The molecule has 0 aliphatic carbocycles. The molecule has 4 heteroatoms. The first-order valence-corrected chi connectivity index (χ1v) is 6.24. The van der Waals surface area contributed by atoms with Gasteiger partial charge in [-0.3, -0.25) is 0 Å². The summed E-state index contributed by atoms with van der Waals surface area (Å²) in [5.74, 6) is -0.513. The summed E-state index contributed by atoms with van der Waals surface area (Å²) >= 11 is 0. The molecule has 1 N–H and O–H groups in total. The standard InChI is InChI=1S/C16H15FN2O/c1-20-11-16(12-5-3-2-4-6-12)19-14-7-8-15(17)13(9-14)10-18/h2-9,16,19H,11H2,1H3. The van der Waals surface area contributed by atoms with Gasteiger partial charge in [0.15, 0.2) is 0 Å². The van der Waals surface area contributed by atoms with Gasteiger partial charge in [-0.15, -0.1) is 0 Å². The lowest BCUT2D eigenvalue weighted by molar-refractivity contribution is 0.186. The van der Waals surface area contributed by atoms with Crippen LogP contribution in [0, 0.1) is 17.1 Å². The second kappa shape index (κ2) is 6.69. The highest BCUT2D eigenvalue weighted by atomic mass is 19.1. The predicted octanol–water partition coefficient (Wildman–Crippen LogP) is 3.50. The first-order chi connectivity index (χ1) is 9.74. The average Bonchev–Trinajstić information content (AvgIpc) is 2.49. The van der Waals surface area contributed by atoms with Crippen LogP contribution in [-0.4, -0.2) is 13.7 Å². The van der Waals surface area contributed by atoms with Crippen LogP contribution in [-0.2, 0) is 4.74 Å². The maximum atomic E-state index is 13.3. The third-order valence-corrected chi connectivity index (χ3v) is 2.96. The van der Waals surface area contributed by atoms with Gasteiger partial charge in [-0.05, 0) is 23.8 Å². The molecular weight excluding hydrogens is 255 g/mol. The number of halogens is 1. The largest absolute Gasteiger partial charge is 0.382 e. The van der Waals surface area contributed by atoms with Crippen molar-refractivity contribution in [2.45, 2.75) is 6.04 Å². The van der Waals surface area contributed by atoms with E-state index in [0.717, 1.165) is 5.56 Å². The van der Waals surface area contributed by atoms with Gasteiger partial charge in [0.2, 0.25) is 0 Å². The highest BCUT2D eigenvalue weighted by Crippen LogP contribution is 2.21. The van der Waals surface area contributed by atoms with E-state index in [1.54, 1.807) is 13.2 Å². The maximum Gasteiger partial charge on any atom is 0.141 e. The normalized spacial score (nSPS) is 11.7. The molecule has 102 valence electrons. The van der Waals surface area contributed by atoms with E-state index in [4.69, 9.17) is 10.00 Å². The topological polar surface area (TPSA) is 45.0 Å². The van der Waals surface area contributed by atoms with E-state index in [1.807, 2.05) is 36.4 Å². The second-order valence-electron chi connectivity index (χ2n) is 4.37. The van der Waals surface area contributed by atoms with Gasteiger partial charge in [-0.2, -0.15) is 5.26 Å². The molecule has 0 radical (unpaired) electrons. The summed E-state index contributed by atoms with van der Waals surface area (Å²) in [6.45, 7) is 0.475. The third-order valence-electron chi connectivity index (χ3n) is 2.96. The molecule has 2 rings (SSSR count). The molecule has 0 aliphatic heterocycles. The van der Waals surface area contributed by atoms with Gasteiger partial charge in [-0.1, -0.05) is 30.3 Å². The zero-order valence-electron chi connectivity index (χ0n) is 11.1. The van der Waals surface area contributed by atoms with E-state index < -0.39 is 5.82 Å². The monoisotopic (exact) mass is 270 g/mol. The average molecular weight is 270 g/mol. The smallest absolute Gasteiger partial charge is 0.141 e. The summed E-state index contributed by atoms with van der Waals surface area (Å²) in [5.41, 5.74) is 1.78. The molecule has 0 saturated heterocycles. The Balaban J connectivity index is 2.23. The summed E-state index contributed by atoms with van der Waals surface area (Å²) in [6, 6.07) is 16.0. The molecule has 20 heavy (non-hydrogen) atoms. The van der Waals surface area contributed by atoms with Crippen molar-refractivity contribution in [3.05, 3.63) is 65.5 Å². The van der Waals surface area contributed by atoms with Gasteiger partial charge >= 0.3 is 0 Å². The number of rotatable bonds is 5. The molecule has 2 aromatic rings. The van der Waals surface area contributed by atoms with E-state index in [9.17, 15) is 4.39 Å². The highest BCUT2D eigenvalue weighted by Gasteiger charge is 2.12. The van der Waals surface area contributed by atoms with E-state index >= 15 is 0 Å². The van der Waals surface area contributed by atoms with Gasteiger partial charge < -0.3 is 10.1 Å². The molecule has 0 bridgehead atoms. The van der Waals surface area contributed by atoms with Gasteiger partial charge in [0.1, 0.15) is 11.9 Å². The van der Waals surface area contributed by atoms with Crippen LogP contribution in [0.15, 0.2) is 48.5 Å². The Morgan fingerprint density at radius 3 is 2.65 bits per heavy atom. The minimum atomic E-state index is -0.513. The first-order valence-electron chi connectivity index (χ1n) is 6.24. The summed E-state index contributed by atoms with van der Waals surface area (Å²) < 4.78 is 18.5. The van der Waals surface area contributed by atoms with Crippen LogP contribution in [0.3, 0.4) is 0 Å². The van der Waals surface area contributed by atoms with Gasteiger partial charge in [0, 0.05) is 12.8 Å². The minimum Gasteiger partial charge on any atom is -0.382 e. The lowest BCUT2D eigenvalue weighted by Gasteiger charge is -2.19. The summed E-state index contributed by atoms with van der Waals surface area (Å²) in [5, 5.41) is 12.1. The molecule has 3 nitrogen and oxygen atoms in total. The number of hydrogen-bond donors (Lipinski definition) is 1. The van der Waals surface area contributed by atoms with Crippen molar-refractivity contribution in [3.8, 4) is 6.07 Å². The Morgan fingerprint density at radius 2 is 2.00 bits per heavy atom. The molecule has 0 amide bonds. The van der Waals surface area contributed by atoms with E-state index in [-0.39, 0.29) is 11.6 Å². The highest BCUT2D eigenvalue weighted by molar-refractivity contribution is 5.51. The van der Waals surface area contributed by atoms with E-state index in [0.29, 0.717) is 12.3 Å². The van der Waals surface area contributed by atoms with Crippen molar-refractivity contribution in [2.24, 2.45) is 0 Å². The van der Waals surface area contributed by atoms with Crippen molar-refractivity contribution < 1.29 is 9.13 Å². The third kappa shape index (κ3) is 3.34. The molecule has 0 aliphatic rings. The molecule has 0 heterocycles. The molecule has 0 aromatic heterocycles. The van der Waals surface area contributed by atoms with Crippen molar-refractivity contribution >= 4 is 5.69 Å². The van der Waals surface area contributed by atoms with Crippen LogP contribution in [0.4, 0.5) is 10.1 Å². The van der Waals surface area contributed by atoms with Crippen LogP contribution >= 0.6 is 0 Å². The predicted molar refractivity (Wildman–Crippen MR) is 75.8 cm³/mol. The number of methoxy groups -OCH3 is 1. The SMILES string of the molecule is COCC(Nc1ccc(F)c(C#N)c1)c1ccccc1. The fourth-order valence-corrected chi connectivity index (χ4v) is 1.98. The Morgan fingerprint density at radius 1 is 1.25 bits per heavy atom. The van der Waals surface area contributed by atoms with E-state index in [2.05, 4.69) is 5.32 Å². The Labute approximate surface area is 117 Å². The van der Waals surface area contributed by atoms with Crippen LogP contribution in [0.2, 0.25) is 0 Å². The molecule has 0 spiro atoms. The second-order valence-corrected chi connectivity index (χ2v) is 4.37. The van der Waals surface area contributed by atoms with Crippen molar-refractivity contribution in [1.29, 1.82) is 5.26 Å². The lowest BCUT2D eigenvalue weighted by Crippen LogP contribution is -2.16. The Hall–Kier alpha value is -2.38. The van der Waals surface area contributed by atoms with E-state index in [1.165, 1.54) is 12.1 Å². The Kier molecular flexibility index (Phi) is 4.70. The van der Waals surface area contributed by atoms with Crippen LogP contribution in [0.25, 0.3) is 0 Å². The zero-order valence-corrected chi connectivity index (χ0v) is 11.1. The summed E-state index contributed by atoms with van der Waals surface area (Å²) in [4.78, 5) is 0. The molecule has 1 unspecified atom stereocenters. The number of nitrogens with zero attached hydrogens (tertiary/aromatic N) is 1.